The van der Waals surface area contributed by atoms with Crippen LogP contribution in [0.4, 0.5) is 0 Å². The number of rotatable bonds is 3. The largest absolute Gasteiger partial charge is 0.337 e. The lowest BCUT2D eigenvalue weighted by atomic mass is 9.83. The van der Waals surface area contributed by atoms with E-state index in [0.717, 1.165) is 25.1 Å². The first-order valence-electron chi connectivity index (χ1n) is 9.00. The van der Waals surface area contributed by atoms with Crippen molar-refractivity contribution in [2.24, 2.45) is 11.8 Å². The van der Waals surface area contributed by atoms with E-state index in [-0.39, 0.29) is 23.8 Å². The minimum Gasteiger partial charge on any atom is -0.337 e. The van der Waals surface area contributed by atoms with Crippen molar-refractivity contribution in [1.29, 1.82) is 0 Å². The van der Waals surface area contributed by atoms with E-state index in [4.69, 9.17) is 0 Å². The van der Waals surface area contributed by atoms with Gasteiger partial charge in [-0.15, -0.1) is 0 Å². The summed E-state index contributed by atoms with van der Waals surface area (Å²) in [5.41, 5.74) is 1.17. The fraction of sp³-hybridized carbons (Fsp3) is 0.667. The van der Waals surface area contributed by atoms with Gasteiger partial charge in [-0.25, -0.2) is 4.98 Å². The molecule has 1 aliphatic carbocycles. The minimum atomic E-state index is -0.0994. The van der Waals surface area contributed by atoms with Crippen LogP contribution in [0, 0.1) is 18.8 Å². The molecule has 24 heavy (non-hydrogen) atoms. The zero-order valence-corrected chi connectivity index (χ0v) is 14.1. The Morgan fingerprint density at radius 3 is 2.67 bits per heavy atom. The van der Waals surface area contributed by atoms with Gasteiger partial charge >= 0.3 is 0 Å². The molecule has 5 rings (SSSR count). The van der Waals surface area contributed by atoms with Gasteiger partial charge in [-0.1, -0.05) is 6.42 Å². The van der Waals surface area contributed by atoms with Gasteiger partial charge in [-0.2, -0.15) is 0 Å². The molecule has 0 spiro atoms. The first-order valence-corrected chi connectivity index (χ1v) is 9.00. The molecule has 1 saturated carbocycles. The molecule has 6 heteroatoms. The van der Waals surface area contributed by atoms with Gasteiger partial charge in [0.05, 0.1) is 17.8 Å². The molecule has 4 fully saturated rings. The van der Waals surface area contributed by atoms with E-state index in [2.05, 4.69) is 14.9 Å². The van der Waals surface area contributed by atoms with Crippen molar-refractivity contribution in [2.75, 3.05) is 19.6 Å². The maximum absolute atomic E-state index is 12.8. The Labute approximate surface area is 142 Å². The second-order valence-corrected chi connectivity index (χ2v) is 7.47. The molecule has 1 aromatic rings. The molecule has 3 saturated heterocycles. The molecule has 0 N–H and O–H groups in total. The normalized spacial score (nSPS) is 27.1. The standard InChI is InChI=1S/C18H24N4O2/c1-12-7-20-16(8-19-12)18(24)21-10-14-5-6-15(11-21)22(17(14)23)9-13-3-2-4-13/h7-8,13-15H,2-6,9-11H2,1H3/t14-,15+/m1/s1. The van der Waals surface area contributed by atoms with Crippen LogP contribution in [-0.4, -0.2) is 57.3 Å². The van der Waals surface area contributed by atoms with E-state index >= 15 is 0 Å². The fourth-order valence-electron chi connectivity index (χ4n) is 4.06. The summed E-state index contributed by atoms with van der Waals surface area (Å²) in [6.07, 6.45) is 8.83. The number of hydrogen-bond donors (Lipinski definition) is 0. The number of piperidine rings is 1. The van der Waals surface area contributed by atoms with Gasteiger partial charge in [0.25, 0.3) is 5.91 Å². The lowest BCUT2D eigenvalue weighted by Crippen LogP contribution is -2.50. The Balaban J connectivity index is 1.51. The van der Waals surface area contributed by atoms with Gasteiger partial charge in [0.1, 0.15) is 5.69 Å². The maximum Gasteiger partial charge on any atom is 0.274 e. The lowest BCUT2D eigenvalue weighted by molar-refractivity contribution is -0.141. The predicted molar refractivity (Wildman–Crippen MR) is 88.2 cm³/mol. The minimum absolute atomic E-state index is 0.0498. The van der Waals surface area contributed by atoms with E-state index in [9.17, 15) is 9.59 Å². The van der Waals surface area contributed by atoms with Crippen LogP contribution < -0.4 is 0 Å². The second-order valence-electron chi connectivity index (χ2n) is 7.47. The summed E-state index contributed by atoms with van der Waals surface area (Å²) >= 11 is 0. The Hall–Kier alpha value is -1.98. The second kappa shape index (κ2) is 6.15. The van der Waals surface area contributed by atoms with Crippen molar-refractivity contribution in [3.05, 3.63) is 23.8 Å². The molecule has 3 aliphatic heterocycles. The van der Waals surface area contributed by atoms with E-state index in [1.165, 1.54) is 19.3 Å². The molecule has 2 atom stereocenters. The van der Waals surface area contributed by atoms with E-state index < -0.39 is 0 Å². The fourth-order valence-corrected chi connectivity index (χ4v) is 4.06. The number of hydrogen-bond acceptors (Lipinski definition) is 4. The van der Waals surface area contributed by atoms with Crippen LogP contribution in [0.1, 0.15) is 48.3 Å². The summed E-state index contributed by atoms with van der Waals surface area (Å²) in [4.78, 5) is 37.9. The lowest BCUT2D eigenvalue weighted by Gasteiger charge is -2.40. The summed E-state index contributed by atoms with van der Waals surface area (Å²) in [6.45, 7) is 3.88. The number of carbonyl (C=O) groups excluding carboxylic acids is 2. The molecule has 0 unspecified atom stereocenters. The molecule has 4 heterocycles. The molecule has 128 valence electrons. The number of aryl methyl sites for hydroxylation is 1. The number of amides is 2. The van der Waals surface area contributed by atoms with Crippen LogP contribution in [0.5, 0.6) is 0 Å². The van der Waals surface area contributed by atoms with Crippen molar-refractivity contribution < 1.29 is 9.59 Å². The van der Waals surface area contributed by atoms with Crippen LogP contribution in [0.15, 0.2) is 12.4 Å². The average Bonchev–Trinajstić information content (AvgIpc) is 2.83. The Bertz CT molecular complexity index is 641. The highest BCUT2D eigenvalue weighted by Crippen LogP contribution is 2.34. The topological polar surface area (TPSA) is 66.4 Å². The van der Waals surface area contributed by atoms with Crippen molar-refractivity contribution in [3.8, 4) is 0 Å². The molecular formula is C18H24N4O2. The summed E-state index contributed by atoms with van der Waals surface area (Å²) in [5, 5.41) is 0. The molecule has 2 amide bonds. The third-order valence-corrected chi connectivity index (χ3v) is 5.76. The van der Waals surface area contributed by atoms with Crippen LogP contribution in [0.3, 0.4) is 0 Å². The van der Waals surface area contributed by atoms with Gasteiger partial charge in [0.2, 0.25) is 5.91 Å². The van der Waals surface area contributed by atoms with E-state index in [1.54, 1.807) is 12.4 Å². The predicted octanol–water partition coefficient (Wildman–Crippen LogP) is 1.65. The van der Waals surface area contributed by atoms with Crippen molar-refractivity contribution in [1.82, 2.24) is 19.8 Å². The van der Waals surface area contributed by atoms with Crippen molar-refractivity contribution >= 4 is 11.8 Å². The van der Waals surface area contributed by atoms with Crippen LogP contribution in [0.25, 0.3) is 0 Å². The Morgan fingerprint density at radius 1 is 1.17 bits per heavy atom. The van der Waals surface area contributed by atoms with Gasteiger partial charge in [0.15, 0.2) is 0 Å². The first-order chi connectivity index (χ1) is 11.6. The maximum atomic E-state index is 12.8. The monoisotopic (exact) mass is 328 g/mol. The summed E-state index contributed by atoms with van der Waals surface area (Å²) in [5.74, 6) is 0.771. The summed E-state index contributed by atoms with van der Waals surface area (Å²) in [7, 11) is 0. The smallest absolute Gasteiger partial charge is 0.274 e. The zero-order chi connectivity index (χ0) is 16.7. The third-order valence-electron chi connectivity index (χ3n) is 5.76. The summed E-state index contributed by atoms with van der Waals surface area (Å²) in [6, 6.07) is 0.166. The van der Waals surface area contributed by atoms with Gasteiger partial charge < -0.3 is 9.80 Å². The molecule has 4 aliphatic rings. The van der Waals surface area contributed by atoms with Crippen LogP contribution in [-0.2, 0) is 4.79 Å². The quantitative estimate of drug-likeness (QED) is 0.846. The number of carbonyl (C=O) groups is 2. The number of nitrogens with zero attached hydrogens (tertiary/aromatic N) is 4. The Morgan fingerprint density at radius 2 is 2.00 bits per heavy atom. The van der Waals surface area contributed by atoms with E-state index in [0.29, 0.717) is 24.7 Å². The van der Waals surface area contributed by atoms with Gasteiger partial charge in [-0.3, -0.25) is 14.6 Å². The van der Waals surface area contributed by atoms with Gasteiger partial charge in [-0.05, 0) is 38.5 Å². The highest BCUT2D eigenvalue weighted by molar-refractivity contribution is 5.93. The zero-order valence-electron chi connectivity index (χ0n) is 14.1. The molecule has 0 radical (unpaired) electrons. The molecule has 1 aromatic heterocycles. The SMILES string of the molecule is Cc1cnc(C(=O)N2C[C@H]3CC[C@@H](C2)N(CC2CCC2)C3=O)cn1. The number of fused-ring (bicyclic) bond motifs is 4. The van der Waals surface area contributed by atoms with Crippen LogP contribution in [0.2, 0.25) is 0 Å². The first kappa shape index (κ1) is 15.5. The van der Waals surface area contributed by atoms with Gasteiger partial charge in [0, 0.05) is 31.9 Å². The summed E-state index contributed by atoms with van der Waals surface area (Å²) < 4.78 is 0. The third kappa shape index (κ3) is 2.78. The molecule has 2 bridgehead atoms. The van der Waals surface area contributed by atoms with Crippen molar-refractivity contribution in [3.63, 3.8) is 0 Å². The molecular weight excluding hydrogens is 304 g/mol. The highest BCUT2D eigenvalue weighted by atomic mass is 16.2. The molecule has 6 nitrogen and oxygen atoms in total. The Kier molecular flexibility index (Phi) is 3.98. The number of aromatic nitrogens is 2. The van der Waals surface area contributed by atoms with Crippen molar-refractivity contribution in [2.45, 2.75) is 45.1 Å². The molecule has 0 aromatic carbocycles. The highest BCUT2D eigenvalue weighted by Gasteiger charge is 2.43. The average molecular weight is 328 g/mol. The van der Waals surface area contributed by atoms with E-state index in [1.807, 2.05) is 11.8 Å². The van der Waals surface area contributed by atoms with Crippen LogP contribution >= 0.6 is 0 Å².